The molecule has 1 N–H and O–H groups in total. The van der Waals surface area contributed by atoms with E-state index in [1.165, 1.54) is 24.3 Å². The molecule has 0 bridgehead atoms. The lowest BCUT2D eigenvalue weighted by Crippen LogP contribution is -2.26. The molecule has 0 heterocycles. The zero-order valence-electron chi connectivity index (χ0n) is 8.74. The maximum Gasteiger partial charge on any atom is 0.240 e. The fourth-order valence-corrected chi connectivity index (χ4v) is 2.16. The van der Waals surface area contributed by atoms with Gasteiger partial charge in [-0.15, -0.1) is 0 Å². The molecule has 0 amide bonds. The third-order valence-electron chi connectivity index (χ3n) is 1.84. The summed E-state index contributed by atoms with van der Waals surface area (Å²) in [7, 11) is -3.66. The van der Waals surface area contributed by atoms with Crippen LogP contribution in [0.4, 0.5) is 0 Å². The molecule has 0 atom stereocenters. The van der Waals surface area contributed by atoms with Crippen LogP contribution in [0.3, 0.4) is 0 Å². The summed E-state index contributed by atoms with van der Waals surface area (Å²) in [5.74, 6) is 0. The van der Waals surface area contributed by atoms with Gasteiger partial charge in [0.2, 0.25) is 10.0 Å². The van der Waals surface area contributed by atoms with Crippen LogP contribution in [0.25, 0.3) is 10.4 Å². The van der Waals surface area contributed by atoms with E-state index in [0.29, 0.717) is 0 Å². The van der Waals surface area contributed by atoms with Gasteiger partial charge >= 0.3 is 0 Å². The van der Waals surface area contributed by atoms with Crippen LogP contribution in [0.1, 0.15) is 5.56 Å². The van der Waals surface area contributed by atoms with Gasteiger partial charge in [-0.3, -0.25) is 0 Å². The predicted molar refractivity (Wildman–Crippen MR) is 60.4 cm³/mol. The lowest BCUT2D eigenvalue weighted by Gasteiger charge is -2.04. The Kier molecular flexibility index (Phi) is 4.48. The number of hydrogen-bond acceptors (Lipinski definition) is 4. The van der Waals surface area contributed by atoms with Crippen molar-refractivity contribution in [2.75, 3.05) is 13.1 Å². The molecule has 0 saturated heterocycles. The first-order valence-corrected chi connectivity index (χ1v) is 6.09. The molecule has 0 aliphatic carbocycles. The van der Waals surface area contributed by atoms with Gasteiger partial charge in [-0.1, -0.05) is 11.2 Å². The Bertz CT molecular complexity index is 584. The van der Waals surface area contributed by atoms with E-state index in [0.717, 1.165) is 0 Å². The van der Waals surface area contributed by atoms with Crippen molar-refractivity contribution in [2.45, 2.75) is 4.90 Å². The Labute approximate surface area is 98.4 Å². The fraction of sp³-hybridized carbons (Fsp3) is 0.222. The summed E-state index contributed by atoms with van der Waals surface area (Å²) < 4.78 is 25.7. The van der Waals surface area contributed by atoms with E-state index in [2.05, 4.69) is 14.7 Å². The Morgan fingerprint density at radius 1 is 1.53 bits per heavy atom. The van der Waals surface area contributed by atoms with Gasteiger partial charge in [0.15, 0.2) is 0 Å². The average molecular weight is 251 g/mol. The fourth-order valence-electron chi connectivity index (χ4n) is 1.09. The van der Waals surface area contributed by atoms with E-state index in [-0.39, 0.29) is 23.5 Å². The highest BCUT2D eigenvalue weighted by Crippen LogP contribution is 2.10. The monoisotopic (exact) mass is 251 g/mol. The van der Waals surface area contributed by atoms with E-state index < -0.39 is 10.0 Å². The number of benzene rings is 1. The maximum atomic E-state index is 11.7. The van der Waals surface area contributed by atoms with Crippen LogP contribution < -0.4 is 4.72 Å². The Balaban J connectivity index is 2.82. The minimum atomic E-state index is -3.66. The van der Waals surface area contributed by atoms with E-state index in [1.807, 2.05) is 6.07 Å². The summed E-state index contributed by atoms with van der Waals surface area (Å²) in [5.41, 5.74) is 8.29. The van der Waals surface area contributed by atoms with Crippen molar-refractivity contribution in [1.29, 1.82) is 5.26 Å². The quantitative estimate of drug-likeness (QED) is 0.365. The number of hydrogen-bond donors (Lipinski definition) is 1. The van der Waals surface area contributed by atoms with E-state index >= 15 is 0 Å². The maximum absolute atomic E-state index is 11.7. The van der Waals surface area contributed by atoms with Gasteiger partial charge in [0.1, 0.15) is 0 Å². The molecule has 8 heteroatoms. The van der Waals surface area contributed by atoms with Gasteiger partial charge in [-0.2, -0.15) is 5.26 Å². The van der Waals surface area contributed by atoms with E-state index in [1.54, 1.807) is 0 Å². The molecule has 88 valence electrons. The van der Waals surface area contributed by atoms with Crippen molar-refractivity contribution >= 4 is 10.0 Å². The molecule has 0 aromatic heterocycles. The lowest BCUT2D eigenvalue weighted by atomic mass is 10.2. The van der Waals surface area contributed by atoms with Crippen LogP contribution in [0.15, 0.2) is 34.3 Å². The first kappa shape index (κ1) is 13.0. The second-order valence-electron chi connectivity index (χ2n) is 2.99. The van der Waals surface area contributed by atoms with Crippen LogP contribution >= 0.6 is 0 Å². The van der Waals surface area contributed by atoms with Gasteiger partial charge in [-0.25, -0.2) is 13.1 Å². The zero-order valence-corrected chi connectivity index (χ0v) is 9.55. The summed E-state index contributed by atoms with van der Waals surface area (Å²) >= 11 is 0. The highest BCUT2D eigenvalue weighted by molar-refractivity contribution is 7.89. The predicted octanol–water partition coefficient (Wildman–Crippen LogP) is 1.15. The topological polar surface area (TPSA) is 119 Å². The standard InChI is InChI=1S/C9H9N5O2S/c10-7-8-2-1-3-9(6-8)17(15,16)13-5-4-12-14-11/h1-3,6,13H,4-5H2. The van der Waals surface area contributed by atoms with Gasteiger partial charge in [-0.05, 0) is 23.7 Å². The van der Waals surface area contributed by atoms with Crippen LogP contribution in [-0.4, -0.2) is 21.5 Å². The van der Waals surface area contributed by atoms with Crippen LogP contribution in [0, 0.1) is 11.3 Å². The highest BCUT2D eigenvalue weighted by atomic mass is 32.2. The summed E-state index contributed by atoms with van der Waals surface area (Å²) in [6.07, 6.45) is 0. The second-order valence-corrected chi connectivity index (χ2v) is 4.76. The molecule has 0 radical (unpaired) electrons. The highest BCUT2D eigenvalue weighted by Gasteiger charge is 2.13. The molecule has 0 aliphatic heterocycles. The van der Waals surface area contributed by atoms with Crippen molar-refractivity contribution in [3.8, 4) is 6.07 Å². The minimum Gasteiger partial charge on any atom is -0.211 e. The molecule has 0 spiro atoms. The van der Waals surface area contributed by atoms with Crippen molar-refractivity contribution in [2.24, 2.45) is 5.11 Å². The molecule has 0 unspecified atom stereocenters. The van der Waals surface area contributed by atoms with Gasteiger partial charge < -0.3 is 0 Å². The average Bonchev–Trinajstić information content (AvgIpc) is 2.35. The Hall–Kier alpha value is -2.07. The molecule has 1 aromatic carbocycles. The number of azide groups is 1. The molecule has 0 aliphatic rings. The summed E-state index contributed by atoms with van der Waals surface area (Å²) in [5, 5.41) is 11.9. The van der Waals surface area contributed by atoms with Crippen molar-refractivity contribution in [3.05, 3.63) is 40.3 Å². The number of sulfonamides is 1. The van der Waals surface area contributed by atoms with Crippen molar-refractivity contribution in [1.82, 2.24) is 4.72 Å². The number of nitriles is 1. The summed E-state index contributed by atoms with van der Waals surface area (Å²) in [6.45, 7) is 0.0524. The van der Waals surface area contributed by atoms with E-state index in [4.69, 9.17) is 10.8 Å². The first-order valence-electron chi connectivity index (χ1n) is 4.61. The lowest BCUT2D eigenvalue weighted by molar-refractivity contribution is 0.582. The summed E-state index contributed by atoms with van der Waals surface area (Å²) in [4.78, 5) is 2.51. The van der Waals surface area contributed by atoms with E-state index in [9.17, 15) is 8.42 Å². The number of rotatable bonds is 5. The SMILES string of the molecule is N#Cc1cccc(S(=O)(=O)NCCN=[N+]=[N-])c1. The van der Waals surface area contributed by atoms with Crippen LogP contribution in [-0.2, 0) is 10.0 Å². The van der Waals surface area contributed by atoms with Crippen LogP contribution in [0.5, 0.6) is 0 Å². The normalized spacial score (nSPS) is 10.3. The molecule has 0 saturated carbocycles. The van der Waals surface area contributed by atoms with Gasteiger partial charge in [0.05, 0.1) is 16.5 Å². The summed E-state index contributed by atoms with van der Waals surface area (Å²) in [6, 6.07) is 7.52. The number of nitrogens with zero attached hydrogens (tertiary/aromatic N) is 4. The molecule has 0 fully saturated rings. The number of nitrogens with one attached hydrogen (secondary N) is 1. The minimum absolute atomic E-state index is 0.0116. The molecule has 1 aromatic rings. The zero-order chi connectivity index (χ0) is 12.7. The van der Waals surface area contributed by atoms with Gasteiger partial charge in [0.25, 0.3) is 0 Å². The second kappa shape index (κ2) is 5.86. The molecule has 7 nitrogen and oxygen atoms in total. The molecular formula is C9H9N5O2S. The molecule has 17 heavy (non-hydrogen) atoms. The Morgan fingerprint density at radius 2 is 2.29 bits per heavy atom. The van der Waals surface area contributed by atoms with Crippen molar-refractivity contribution < 1.29 is 8.42 Å². The van der Waals surface area contributed by atoms with Crippen LogP contribution in [0.2, 0.25) is 0 Å². The molecular weight excluding hydrogens is 242 g/mol. The Morgan fingerprint density at radius 3 is 2.94 bits per heavy atom. The largest absolute Gasteiger partial charge is 0.240 e. The first-order chi connectivity index (χ1) is 8.10. The third kappa shape index (κ3) is 3.77. The third-order valence-corrected chi connectivity index (χ3v) is 3.30. The van der Waals surface area contributed by atoms with Gasteiger partial charge in [0, 0.05) is 18.0 Å². The van der Waals surface area contributed by atoms with Crippen molar-refractivity contribution in [3.63, 3.8) is 0 Å². The molecule has 1 rings (SSSR count). The smallest absolute Gasteiger partial charge is 0.211 e.